The molecule has 4 heteroatoms. The van der Waals surface area contributed by atoms with E-state index in [1.807, 2.05) is 6.92 Å². The molecule has 0 saturated heterocycles. The molecule has 0 aliphatic rings. The SMILES string of the molecule is CCCCC[N+](O)(O)O. The van der Waals surface area contributed by atoms with E-state index in [4.69, 9.17) is 15.6 Å². The van der Waals surface area contributed by atoms with Crippen molar-refractivity contribution in [1.29, 1.82) is 0 Å². The molecule has 4 nitrogen and oxygen atoms in total. The molecule has 0 aromatic carbocycles. The van der Waals surface area contributed by atoms with Crippen molar-refractivity contribution in [3.63, 3.8) is 0 Å². The van der Waals surface area contributed by atoms with Gasteiger partial charge in [-0.3, -0.25) is 0 Å². The summed E-state index contributed by atoms with van der Waals surface area (Å²) in [6.45, 7) is 1.98. The van der Waals surface area contributed by atoms with E-state index >= 15 is 0 Å². The van der Waals surface area contributed by atoms with Crippen molar-refractivity contribution in [2.75, 3.05) is 6.54 Å². The number of rotatable bonds is 4. The summed E-state index contributed by atoms with van der Waals surface area (Å²) >= 11 is 0. The van der Waals surface area contributed by atoms with E-state index in [1.165, 1.54) is 0 Å². The Labute approximate surface area is 54.4 Å². The number of nitrogens with zero attached hydrogens (tertiary/aromatic N) is 1. The molecule has 0 rings (SSSR count). The van der Waals surface area contributed by atoms with Crippen LogP contribution in [0.15, 0.2) is 0 Å². The Kier molecular flexibility index (Phi) is 3.72. The maximum absolute atomic E-state index is 8.29. The van der Waals surface area contributed by atoms with Gasteiger partial charge in [-0.1, -0.05) is 13.3 Å². The highest BCUT2D eigenvalue weighted by molar-refractivity contribution is 4.31. The first-order chi connectivity index (χ1) is 4.06. The van der Waals surface area contributed by atoms with Crippen molar-refractivity contribution in [3.8, 4) is 0 Å². The number of hydrogen-bond donors (Lipinski definition) is 3. The predicted molar refractivity (Wildman–Crippen MR) is 30.0 cm³/mol. The van der Waals surface area contributed by atoms with Crippen LogP contribution >= 0.6 is 0 Å². The van der Waals surface area contributed by atoms with Gasteiger partial charge in [0.15, 0.2) is 6.54 Å². The van der Waals surface area contributed by atoms with Crippen LogP contribution in [0.2, 0.25) is 0 Å². The molecule has 0 bridgehead atoms. The number of unbranched alkanes of at least 4 members (excludes halogenated alkanes) is 2. The molecule has 0 aliphatic heterocycles. The van der Waals surface area contributed by atoms with Crippen molar-refractivity contribution in [3.05, 3.63) is 0 Å². The highest BCUT2D eigenvalue weighted by Gasteiger charge is 2.15. The van der Waals surface area contributed by atoms with E-state index in [-0.39, 0.29) is 6.54 Å². The number of quaternary nitrogens is 1. The van der Waals surface area contributed by atoms with Gasteiger partial charge in [0, 0.05) is 6.42 Å². The molecule has 0 radical (unpaired) electrons. The predicted octanol–water partition coefficient (Wildman–Crippen LogP) is 1.16. The second-order valence-electron chi connectivity index (χ2n) is 2.12. The van der Waals surface area contributed by atoms with Gasteiger partial charge in [0.1, 0.15) is 0 Å². The van der Waals surface area contributed by atoms with Crippen molar-refractivity contribution in [1.82, 2.24) is 0 Å². The Balaban J connectivity index is 3.07. The molecule has 3 N–H and O–H groups in total. The number of hydrogen-bond acceptors (Lipinski definition) is 3. The third-order valence-corrected chi connectivity index (χ3v) is 1.06. The molecule has 56 valence electrons. The summed E-state index contributed by atoms with van der Waals surface area (Å²) < 4.78 is 0. The first-order valence-electron chi connectivity index (χ1n) is 3.12. The lowest BCUT2D eigenvalue weighted by Gasteiger charge is -2.09. The molecule has 0 amide bonds. The Bertz CT molecular complexity index is 69.1. The Hall–Kier alpha value is -0.160. The maximum Gasteiger partial charge on any atom is 0.177 e. The van der Waals surface area contributed by atoms with Crippen LogP contribution in [0.3, 0.4) is 0 Å². The summed E-state index contributed by atoms with van der Waals surface area (Å²) in [5, 5.41) is 24.9. The Morgan fingerprint density at radius 3 is 2.00 bits per heavy atom. The van der Waals surface area contributed by atoms with Crippen LogP contribution in [0.5, 0.6) is 0 Å². The van der Waals surface area contributed by atoms with E-state index in [9.17, 15) is 0 Å². The topological polar surface area (TPSA) is 60.7 Å². The zero-order chi connectivity index (χ0) is 7.33. The first kappa shape index (κ1) is 8.84. The van der Waals surface area contributed by atoms with Crippen LogP contribution in [-0.4, -0.2) is 27.1 Å². The second-order valence-corrected chi connectivity index (χ2v) is 2.12. The summed E-state index contributed by atoms with van der Waals surface area (Å²) in [7, 11) is 0. The lowest BCUT2D eigenvalue weighted by molar-refractivity contribution is -1.37. The Morgan fingerprint density at radius 1 is 1.11 bits per heavy atom. The Morgan fingerprint density at radius 2 is 1.67 bits per heavy atom. The van der Waals surface area contributed by atoms with Gasteiger partial charge in [-0.15, -0.1) is 15.6 Å². The lowest BCUT2D eigenvalue weighted by Crippen LogP contribution is -2.37. The molecule has 0 atom stereocenters. The van der Waals surface area contributed by atoms with Crippen molar-refractivity contribution >= 4 is 0 Å². The molecule has 0 aliphatic carbocycles. The zero-order valence-corrected chi connectivity index (χ0v) is 5.62. The summed E-state index contributed by atoms with van der Waals surface area (Å²) in [6, 6.07) is 0. The third kappa shape index (κ3) is 7.84. The molecular formula is C5H14NO3+. The van der Waals surface area contributed by atoms with Crippen LogP contribution in [-0.2, 0) is 0 Å². The van der Waals surface area contributed by atoms with E-state index in [1.54, 1.807) is 0 Å². The average molecular weight is 136 g/mol. The molecule has 0 fully saturated rings. The summed E-state index contributed by atoms with van der Waals surface area (Å²) in [4.78, 5) is -1.89. The fourth-order valence-electron chi connectivity index (χ4n) is 0.574. The quantitative estimate of drug-likeness (QED) is 0.309. The zero-order valence-electron chi connectivity index (χ0n) is 5.62. The number of hydroxylamine groups is 3. The minimum Gasteiger partial charge on any atom is -0.146 e. The van der Waals surface area contributed by atoms with Crippen LogP contribution in [0.1, 0.15) is 26.2 Å². The van der Waals surface area contributed by atoms with Crippen LogP contribution < -0.4 is 0 Å². The fraction of sp³-hybridized carbons (Fsp3) is 1.00. The molecule has 0 spiro atoms. The fourth-order valence-corrected chi connectivity index (χ4v) is 0.574. The van der Waals surface area contributed by atoms with E-state index in [0.29, 0.717) is 6.42 Å². The molecule has 9 heavy (non-hydrogen) atoms. The van der Waals surface area contributed by atoms with Gasteiger partial charge in [0.2, 0.25) is 0 Å². The first-order valence-corrected chi connectivity index (χ1v) is 3.12. The molecule has 0 aromatic heterocycles. The van der Waals surface area contributed by atoms with E-state index in [2.05, 4.69) is 0 Å². The summed E-state index contributed by atoms with van der Waals surface area (Å²) in [5.74, 6) is 0. The molecular weight excluding hydrogens is 122 g/mol. The minimum atomic E-state index is -1.89. The van der Waals surface area contributed by atoms with Crippen molar-refractivity contribution < 1.29 is 20.6 Å². The van der Waals surface area contributed by atoms with Crippen LogP contribution in [0.4, 0.5) is 0 Å². The van der Waals surface area contributed by atoms with Gasteiger partial charge in [-0.2, -0.15) is 0 Å². The van der Waals surface area contributed by atoms with Gasteiger partial charge < -0.3 is 0 Å². The largest absolute Gasteiger partial charge is 0.177 e. The standard InChI is InChI=1S/C5H14NO3/c1-2-3-4-5-6(7,8)9/h7-9H,2-5H2,1H3/q+1. The lowest BCUT2D eigenvalue weighted by atomic mass is 10.2. The average Bonchev–Trinajstić information content (AvgIpc) is 1.63. The molecule has 0 aromatic rings. The van der Waals surface area contributed by atoms with E-state index < -0.39 is 4.97 Å². The van der Waals surface area contributed by atoms with E-state index in [0.717, 1.165) is 12.8 Å². The van der Waals surface area contributed by atoms with Crippen molar-refractivity contribution in [2.45, 2.75) is 26.2 Å². The summed E-state index contributed by atoms with van der Waals surface area (Å²) in [6.07, 6.45) is 2.53. The monoisotopic (exact) mass is 136 g/mol. The minimum absolute atomic E-state index is 0.0200. The van der Waals surface area contributed by atoms with Crippen LogP contribution in [0, 0.1) is 0 Å². The highest BCUT2D eigenvalue weighted by Crippen LogP contribution is 1.97. The van der Waals surface area contributed by atoms with Gasteiger partial charge in [0.05, 0.1) is 4.97 Å². The van der Waals surface area contributed by atoms with Gasteiger partial charge in [-0.25, -0.2) is 0 Å². The van der Waals surface area contributed by atoms with Gasteiger partial charge >= 0.3 is 0 Å². The van der Waals surface area contributed by atoms with Crippen LogP contribution in [0.25, 0.3) is 0 Å². The maximum atomic E-state index is 8.29. The summed E-state index contributed by atoms with van der Waals surface area (Å²) in [5.41, 5.74) is 0. The van der Waals surface area contributed by atoms with Crippen molar-refractivity contribution in [2.24, 2.45) is 0 Å². The second kappa shape index (κ2) is 3.79. The van der Waals surface area contributed by atoms with Gasteiger partial charge in [0.25, 0.3) is 0 Å². The van der Waals surface area contributed by atoms with Gasteiger partial charge in [-0.05, 0) is 6.42 Å². The normalized spacial score (nSPS) is 12.0. The molecule has 0 heterocycles. The highest BCUT2D eigenvalue weighted by atomic mass is 17.1. The third-order valence-electron chi connectivity index (χ3n) is 1.06. The molecule has 0 unspecified atom stereocenters. The molecule has 0 saturated carbocycles. The smallest absolute Gasteiger partial charge is 0.146 e.